The van der Waals surface area contributed by atoms with Gasteiger partial charge in [0, 0.05) is 30.4 Å². The monoisotopic (exact) mass is 504 g/mol. The smallest absolute Gasteiger partial charge is 0.139 e. The number of ether oxygens (including phenoxy) is 2. The second kappa shape index (κ2) is 10.00. The summed E-state index contributed by atoms with van der Waals surface area (Å²) in [4.78, 5) is 10.3. The lowest BCUT2D eigenvalue weighted by molar-refractivity contribution is 0.114. The zero-order valence-corrected chi connectivity index (χ0v) is 22.1. The number of likely N-dealkylation sites (tertiary alicyclic amines) is 1. The summed E-state index contributed by atoms with van der Waals surface area (Å²) < 4.78 is 24.8. The number of benzene rings is 2. The van der Waals surface area contributed by atoms with Crippen LogP contribution in [0.1, 0.15) is 12.8 Å². The largest absolute Gasteiger partial charge is 0.496 e. The second-order valence-electron chi connectivity index (χ2n) is 9.78. The Morgan fingerprint density at radius 1 is 1.06 bits per heavy atom. The number of nitrogens with one attached hydrogen (secondary N) is 2. The van der Waals surface area contributed by atoms with Crippen LogP contribution in [-0.4, -0.2) is 61.5 Å². The van der Waals surface area contributed by atoms with Crippen LogP contribution >= 0.6 is 7.14 Å². The fraction of sp³-hybridized carbons (Fsp3) is 0.321. The summed E-state index contributed by atoms with van der Waals surface area (Å²) in [5.74, 6) is 1.52. The molecular weight excluding hydrogens is 471 g/mol. The summed E-state index contributed by atoms with van der Waals surface area (Å²) >= 11 is 0. The zero-order valence-electron chi connectivity index (χ0n) is 21.2. The van der Waals surface area contributed by atoms with Crippen LogP contribution in [-0.2, 0) is 4.57 Å². The topological polar surface area (TPSA) is 79.5 Å². The number of hydrogen-bond donors (Lipinski definition) is 2. The molecule has 0 unspecified atom stereocenters. The van der Waals surface area contributed by atoms with Gasteiger partial charge in [0.2, 0.25) is 0 Å². The van der Waals surface area contributed by atoms with Gasteiger partial charge in [-0.15, -0.1) is 0 Å². The van der Waals surface area contributed by atoms with Gasteiger partial charge >= 0.3 is 0 Å². The number of rotatable bonds is 7. The van der Waals surface area contributed by atoms with Gasteiger partial charge in [0.25, 0.3) is 0 Å². The summed E-state index contributed by atoms with van der Waals surface area (Å²) in [7, 11) is 1.16. The number of H-pyrrole nitrogens is 1. The number of fused-ring (bicyclic) bond motifs is 1. The van der Waals surface area contributed by atoms with Crippen molar-refractivity contribution in [1.82, 2.24) is 14.9 Å². The number of nitrogens with zero attached hydrogens (tertiary/aromatic N) is 2. The van der Waals surface area contributed by atoms with E-state index in [2.05, 4.69) is 45.4 Å². The average molecular weight is 505 g/mol. The van der Waals surface area contributed by atoms with E-state index >= 15 is 0 Å². The summed E-state index contributed by atoms with van der Waals surface area (Å²) in [6.45, 7) is 5.67. The highest BCUT2D eigenvalue weighted by atomic mass is 31.2. The summed E-state index contributed by atoms with van der Waals surface area (Å²) in [6, 6.07) is 17.9. The van der Waals surface area contributed by atoms with E-state index in [9.17, 15) is 4.57 Å². The maximum absolute atomic E-state index is 13.1. The number of pyridine rings is 1. The van der Waals surface area contributed by atoms with Crippen LogP contribution in [0, 0.1) is 0 Å². The Morgan fingerprint density at radius 2 is 1.81 bits per heavy atom. The average Bonchev–Trinajstić information content (AvgIpc) is 3.30. The van der Waals surface area contributed by atoms with E-state index in [1.165, 1.54) is 0 Å². The Balaban J connectivity index is 1.41. The standard InChI is InChI=1S/C28H33N4O3P/c1-32-16-13-21(14-17-32)35-20-10-8-19(9-11-20)25-18-22-23(12-15-29-28(22)31-25)30-24-6-5-7-26(34-2)27(24)36(3,4)33/h5-12,15,18,21H,13-14,16-17H2,1-4H3,(H2,29,30,31). The van der Waals surface area contributed by atoms with Gasteiger partial charge in [-0.25, -0.2) is 4.98 Å². The normalized spacial score (nSPS) is 15.2. The third-order valence-corrected chi connectivity index (χ3v) is 8.23. The highest BCUT2D eigenvalue weighted by Gasteiger charge is 2.22. The first-order valence-corrected chi connectivity index (χ1v) is 14.8. The molecule has 0 spiro atoms. The first-order valence-electron chi connectivity index (χ1n) is 12.2. The van der Waals surface area contributed by atoms with Crippen LogP contribution in [0.15, 0.2) is 60.8 Å². The minimum atomic E-state index is -2.60. The van der Waals surface area contributed by atoms with Crippen molar-refractivity contribution < 1.29 is 14.0 Å². The molecule has 7 nitrogen and oxygen atoms in total. The quantitative estimate of drug-likeness (QED) is 0.314. The maximum atomic E-state index is 13.1. The Morgan fingerprint density at radius 3 is 2.50 bits per heavy atom. The van der Waals surface area contributed by atoms with Gasteiger partial charge in [0.1, 0.15) is 30.4 Å². The SMILES string of the molecule is COc1cccc(Nc2ccnc3[nH]c(-c4ccc(OC5CCN(C)CC5)cc4)cc23)c1P(C)(C)=O. The van der Waals surface area contributed by atoms with E-state index in [-0.39, 0.29) is 6.10 Å². The zero-order chi connectivity index (χ0) is 25.3. The molecule has 0 bridgehead atoms. The minimum Gasteiger partial charge on any atom is -0.496 e. The summed E-state index contributed by atoms with van der Waals surface area (Å²) in [6.07, 6.45) is 4.16. The third kappa shape index (κ3) is 5.13. The van der Waals surface area contributed by atoms with Crippen LogP contribution < -0.4 is 20.1 Å². The van der Waals surface area contributed by atoms with E-state index in [0.29, 0.717) is 11.1 Å². The number of anilines is 2. The van der Waals surface area contributed by atoms with Gasteiger partial charge in [0.05, 0.1) is 23.8 Å². The predicted molar refractivity (Wildman–Crippen MR) is 148 cm³/mol. The molecule has 2 N–H and O–H groups in total. The highest BCUT2D eigenvalue weighted by molar-refractivity contribution is 7.70. The van der Waals surface area contributed by atoms with E-state index in [1.807, 2.05) is 36.4 Å². The number of methoxy groups -OCH3 is 1. The van der Waals surface area contributed by atoms with Crippen molar-refractivity contribution in [1.29, 1.82) is 0 Å². The van der Waals surface area contributed by atoms with Gasteiger partial charge in [-0.05, 0) is 87.3 Å². The molecule has 0 saturated carbocycles. The van der Waals surface area contributed by atoms with Crippen molar-refractivity contribution in [2.45, 2.75) is 18.9 Å². The van der Waals surface area contributed by atoms with Crippen molar-refractivity contribution in [3.63, 3.8) is 0 Å². The highest BCUT2D eigenvalue weighted by Crippen LogP contribution is 2.43. The molecule has 1 saturated heterocycles. The van der Waals surface area contributed by atoms with Crippen molar-refractivity contribution in [2.24, 2.45) is 0 Å². The van der Waals surface area contributed by atoms with Crippen molar-refractivity contribution in [2.75, 3.05) is 45.9 Å². The van der Waals surface area contributed by atoms with Crippen LogP contribution in [0.2, 0.25) is 0 Å². The Bertz CT molecular complexity index is 1400. The number of hydrogen-bond acceptors (Lipinski definition) is 6. The molecule has 0 aliphatic carbocycles. The van der Waals surface area contributed by atoms with Gasteiger partial charge in [0.15, 0.2) is 0 Å². The lowest BCUT2D eigenvalue weighted by Gasteiger charge is -2.29. The van der Waals surface area contributed by atoms with Gasteiger partial charge in [-0.1, -0.05) is 6.07 Å². The Hall–Kier alpha value is -3.28. The summed E-state index contributed by atoms with van der Waals surface area (Å²) in [5, 5.41) is 5.14. The minimum absolute atomic E-state index is 0.279. The van der Waals surface area contributed by atoms with Crippen LogP contribution in [0.25, 0.3) is 22.3 Å². The molecule has 5 rings (SSSR count). The van der Waals surface area contributed by atoms with Crippen LogP contribution in [0.4, 0.5) is 11.4 Å². The van der Waals surface area contributed by atoms with Crippen molar-refractivity contribution in [3.05, 3.63) is 60.8 Å². The molecule has 0 radical (unpaired) electrons. The number of piperidine rings is 1. The van der Waals surface area contributed by atoms with Crippen LogP contribution in [0.3, 0.4) is 0 Å². The number of aromatic nitrogens is 2. The molecule has 0 atom stereocenters. The molecule has 2 aromatic heterocycles. The summed E-state index contributed by atoms with van der Waals surface area (Å²) in [5.41, 5.74) is 4.46. The molecule has 1 aliphatic heterocycles. The molecule has 2 aromatic carbocycles. The lowest BCUT2D eigenvalue weighted by Crippen LogP contribution is -2.35. The molecule has 4 aromatic rings. The fourth-order valence-corrected chi connectivity index (χ4v) is 6.20. The van der Waals surface area contributed by atoms with E-state index in [0.717, 1.165) is 65.3 Å². The predicted octanol–water partition coefficient (Wildman–Crippen LogP) is 5.70. The van der Waals surface area contributed by atoms with E-state index in [1.54, 1.807) is 26.6 Å². The van der Waals surface area contributed by atoms with Crippen molar-refractivity contribution in [3.8, 4) is 22.8 Å². The molecule has 1 aliphatic rings. The first-order chi connectivity index (χ1) is 17.3. The van der Waals surface area contributed by atoms with Gasteiger partial charge in [-0.2, -0.15) is 0 Å². The molecular formula is C28H33N4O3P. The molecule has 36 heavy (non-hydrogen) atoms. The fourth-order valence-electron chi connectivity index (χ4n) is 4.79. The molecule has 1 fully saturated rings. The second-order valence-corrected chi connectivity index (χ2v) is 12.9. The number of aromatic amines is 1. The van der Waals surface area contributed by atoms with Crippen molar-refractivity contribution >= 4 is 34.9 Å². The van der Waals surface area contributed by atoms with Crippen LogP contribution in [0.5, 0.6) is 11.5 Å². The van der Waals surface area contributed by atoms with Gasteiger partial charge < -0.3 is 29.2 Å². The molecule has 8 heteroatoms. The van der Waals surface area contributed by atoms with Gasteiger partial charge in [-0.3, -0.25) is 0 Å². The maximum Gasteiger partial charge on any atom is 0.139 e. The first kappa shape index (κ1) is 24.4. The lowest BCUT2D eigenvalue weighted by atomic mass is 10.1. The molecule has 0 amide bonds. The van der Waals surface area contributed by atoms with E-state index in [4.69, 9.17) is 9.47 Å². The Kier molecular flexibility index (Phi) is 6.78. The molecule has 188 valence electrons. The third-order valence-electron chi connectivity index (χ3n) is 6.69. The van der Waals surface area contributed by atoms with E-state index < -0.39 is 7.14 Å². The molecule has 3 heterocycles. The Labute approximate surface area is 212 Å².